The van der Waals surface area contributed by atoms with Crippen molar-refractivity contribution in [2.75, 3.05) is 34.3 Å². The molecule has 202 valence electrons. The molecule has 0 aliphatic carbocycles. The van der Waals surface area contributed by atoms with E-state index in [1.165, 1.54) is 5.56 Å². The minimum absolute atomic E-state index is 0.110. The lowest BCUT2D eigenvalue weighted by molar-refractivity contribution is 0.0716. The standard InChI is InChI=1S/C32H34N2O5/c1-6-21-11-13-25-24(17-21)30(35)28-29(34(16-15-33(3)4)32(36)31(28)39-25)23-12-14-26(27(18-23)37-5)38-19-22-9-7-20(2)8-10-22/h7-14,17-18,29H,6,15-16,19H2,1-5H3. The molecule has 0 saturated carbocycles. The summed E-state index contributed by atoms with van der Waals surface area (Å²) in [6, 6.07) is 18.7. The fourth-order valence-electron chi connectivity index (χ4n) is 4.99. The Morgan fingerprint density at radius 3 is 2.38 bits per heavy atom. The third-order valence-corrected chi connectivity index (χ3v) is 7.24. The van der Waals surface area contributed by atoms with E-state index in [-0.39, 0.29) is 17.1 Å². The molecule has 0 fully saturated rings. The number of methoxy groups -OCH3 is 1. The molecule has 39 heavy (non-hydrogen) atoms. The molecule has 7 nitrogen and oxygen atoms in total. The molecule has 1 aliphatic heterocycles. The van der Waals surface area contributed by atoms with Crippen molar-refractivity contribution < 1.29 is 18.7 Å². The molecule has 1 amide bonds. The summed E-state index contributed by atoms with van der Waals surface area (Å²) in [4.78, 5) is 31.3. The highest BCUT2D eigenvalue weighted by Gasteiger charge is 2.42. The van der Waals surface area contributed by atoms with E-state index >= 15 is 0 Å². The second-order valence-electron chi connectivity index (χ2n) is 10.2. The maximum atomic E-state index is 13.9. The lowest BCUT2D eigenvalue weighted by atomic mass is 9.97. The molecule has 0 bridgehead atoms. The Kier molecular flexibility index (Phi) is 7.44. The Morgan fingerprint density at radius 1 is 0.949 bits per heavy atom. The molecule has 1 aliphatic rings. The van der Waals surface area contributed by atoms with Gasteiger partial charge in [-0.05, 0) is 68.4 Å². The molecule has 1 aromatic heterocycles. The Bertz CT molecular complexity index is 1570. The molecule has 0 saturated heterocycles. The molecule has 1 atom stereocenters. The fourth-order valence-corrected chi connectivity index (χ4v) is 4.99. The van der Waals surface area contributed by atoms with Crippen LogP contribution in [0.3, 0.4) is 0 Å². The zero-order chi connectivity index (χ0) is 27.7. The maximum Gasteiger partial charge on any atom is 0.290 e. The summed E-state index contributed by atoms with van der Waals surface area (Å²) in [6.45, 7) is 5.56. The summed E-state index contributed by atoms with van der Waals surface area (Å²) in [7, 11) is 5.50. The van der Waals surface area contributed by atoms with Gasteiger partial charge in [-0.3, -0.25) is 9.59 Å². The summed E-state index contributed by atoms with van der Waals surface area (Å²) in [5, 5.41) is 0.491. The number of ether oxygens (including phenoxy) is 2. The summed E-state index contributed by atoms with van der Waals surface area (Å²) in [5.41, 5.74) is 4.66. The molecule has 0 N–H and O–H groups in total. The van der Waals surface area contributed by atoms with Gasteiger partial charge < -0.3 is 23.7 Å². The highest BCUT2D eigenvalue weighted by Crippen LogP contribution is 2.41. The second kappa shape index (κ2) is 10.9. The van der Waals surface area contributed by atoms with Gasteiger partial charge in [0.1, 0.15) is 12.2 Å². The van der Waals surface area contributed by atoms with Crippen LogP contribution in [0.5, 0.6) is 11.5 Å². The molecule has 5 rings (SSSR count). The fraction of sp³-hybridized carbons (Fsp3) is 0.312. The van der Waals surface area contributed by atoms with Crippen molar-refractivity contribution in [1.29, 1.82) is 0 Å². The highest BCUT2D eigenvalue weighted by atomic mass is 16.5. The van der Waals surface area contributed by atoms with E-state index in [0.29, 0.717) is 47.7 Å². The largest absolute Gasteiger partial charge is 0.493 e. The van der Waals surface area contributed by atoms with E-state index < -0.39 is 6.04 Å². The smallest absolute Gasteiger partial charge is 0.290 e. The number of carbonyl (C=O) groups is 1. The van der Waals surface area contributed by atoms with Crippen molar-refractivity contribution >= 4 is 16.9 Å². The summed E-state index contributed by atoms with van der Waals surface area (Å²) < 4.78 is 17.9. The molecule has 2 heterocycles. The lowest BCUT2D eigenvalue weighted by Crippen LogP contribution is -2.35. The molecule has 0 radical (unpaired) electrons. The number of fused-ring (bicyclic) bond motifs is 2. The van der Waals surface area contributed by atoms with Gasteiger partial charge in [-0.2, -0.15) is 0 Å². The Balaban J connectivity index is 1.57. The molecule has 1 unspecified atom stereocenters. The number of rotatable bonds is 9. The number of amides is 1. The SMILES string of the molecule is CCc1ccc2oc3c(c(=O)c2c1)C(c1ccc(OCc2ccc(C)cc2)c(OC)c1)N(CCN(C)C)C3=O. The number of benzene rings is 3. The van der Waals surface area contributed by atoms with Gasteiger partial charge in [-0.15, -0.1) is 0 Å². The summed E-state index contributed by atoms with van der Waals surface area (Å²) >= 11 is 0. The van der Waals surface area contributed by atoms with Gasteiger partial charge in [0.25, 0.3) is 5.91 Å². The van der Waals surface area contributed by atoms with Crippen molar-refractivity contribution in [2.45, 2.75) is 32.9 Å². The molecular weight excluding hydrogens is 492 g/mol. The lowest BCUT2D eigenvalue weighted by Gasteiger charge is -2.27. The van der Waals surface area contributed by atoms with E-state index in [0.717, 1.165) is 23.1 Å². The molecule has 0 spiro atoms. The van der Waals surface area contributed by atoms with Crippen molar-refractivity contribution in [3.05, 3.63) is 104 Å². The van der Waals surface area contributed by atoms with E-state index in [9.17, 15) is 9.59 Å². The van der Waals surface area contributed by atoms with E-state index in [4.69, 9.17) is 13.9 Å². The Labute approximate surface area is 228 Å². The van der Waals surface area contributed by atoms with Crippen molar-refractivity contribution in [3.8, 4) is 11.5 Å². The van der Waals surface area contributed by atoms with Gasteiger partial charge in [0.2, 0.25) is 5.76 Å². The monoisotopic (exact) mass is 526 g/mol. The van der Waals surface area contributed by atoms with Gasteiger partial charge in [0.15, 0.2) is 16.9 Å². The number of likely N-dealkylation sites (N-methyl/N-ethyl adjacent to an activating group) is 1. The Morgan fingerprint density at radius 2 is 1.69 bits per heavy atom. The van der Waals surface area contributed by atoms with Gasteiger partial charge >= 0.3 is 0 Å². The molecule has 7 heteroatoms. The first-order valence-corrected chi connectivity index (χ1v) is 13.2. The average molecular weight is 527 g/mol. The van der Waals surface area contributed by atoms with Gasteiger partial charge in [-0.25, -0.2) is 0 Å². The first-order valence-electron chi connectivity index (χ1n) is 13.2. The van der Waals surface area contributed by atoms with Crippen LogP contribution in [0.2, 0.25) is 0 Å². The van der Waals surface area contributed by atoms with Crippen LogP contribution in [0.4, 0.5) is 0 Å². The van der Waals surface area contributed by atoms with Crippen LogP contribution in [-0.2, 0) is 13.0 Å². The van der Waals surface area contributed by atoms with E-state index in [2.05, 4.69) is 12.1 Å². The predicted molar refractivity (Wildman–Crippen MR) is 152 cm³/mol. The third-order valence-electron chi connectivity index (χ3n) is 7.24. The van der Waals surface area contributed by atoms with Crippen LogP contribution in [0, 0.1) is 6.92 Å². The summed E-state index contributed by atoms with van der Waals surface area (Å²) in [5.74, 6) is 0.948. The van der Waals surface area contributed by atoms with Crippen molar-refractivity contribution in [2.24, 2.45) is 0 Å². The third kappa shape index (κ3) is 5.14. The molecule has 3 aromatic carbocycles. The topological polar surface area (TPSA) is 72.2 Å². The second-order valence-corrected chi connectivity index (χ2v) is 10.2. The first-order chi connectivity index (χ1) is 18.8. The van der Waals surface area contributed by atoms with E-state index in [1.54, 1.807) is 18.1 Å². The van der Waals surface area contributed by atoms with Crippen LogP contribution in [0.25, 0.3) is 11.0 Å². The van der Waals surface area contributed by atoms with E-state index in [1.807, 2.05) is 75.3 Å². The minimum atomic E-state index is -0.599. The van der Waals surface area contributed by atoms with Crippen molar-refractivity contribution in [3.63, 3.8) is 0 Å². The number of carbonyl (C=O) groups excluding carboxylic acids is 1. The molecule has 4 aromatic rings. The minimum Gasteiger partial charge on any atom is -0.493 e. The van der Waals surface area contributed by atoms with Crippen LogP contribution in [0.1, 0.15) is 51.3 Å². The number of hydrogen-bond acceptors (Lipinski definition) is 6. The zero-order valence-electron chi connectivity index (χ0n) is 23.1. The van der Waals surface area contributed by atoms with Crippen LogP contribution in [-0.4, -0.2) is 50.0 Å². The van der Waals surface area contributed by atoms with Crippen LogP contribution < -0.4 is 14.9 Å². The van der Waals surface area contributed by atoms with Gasteiger partial charge in [0.05, 0.1) is 24.1 Å². The summed E-state index contributed by atoms with van der Waals surface area (Å²) in [6.07, 6.45) is 0.797. The molecular formula is C32H34N2O5. The van der Waals surface area contributed by atoms with Crippen molar-refractivity contribution in [1.82, 2.24) is 9.80 Å². The maximum absolute atomic E-state index is 13.9. The first kappa shape index (κ1) is 26.5. The number of aryl methyl sites for hydroxylation is 2. The quantitative estimate of drug-likeness (QED) is 0.293. The zero-order valence-corrected chi connectivity index (χ0v) is 23.1. The van der Waals surface area contributed by atoms with Crippen LogP contribution >= 0.6 is 0 Å². The number of nitrogens with zero attached hydrogens (tertiary/aromatic N) is 2. The normalized spacial score (nSPS) is 14.8. The highest BCUT2D eigenvalue weighted by molar-refractivity contribution is 5.99. The van der Waals surface area contributed by atoms with Gasteiger partial charge in [0, 0.05) is 13.1 Å². The number of hydrogen-bond donors (Lipinski definition) is 0. The predicted octanol–water partition coefficient (Wildman–Crippen LogP) is 5.36. The average Bonchev–Trinajstić information content (AvgIpc) is 3.22. The van der Waals surface area contributed by atoms with Gasteiger partial charge in [-0.1, -0.05) is 48.9 Å². The Hall–Kier alpha value is -4.10. The van der Waals surface area contributed by atoms with Crippen LogP contribution in [0.15, 0.2) is 69.9 Å².